The van der Waals surface area contributed by atoms with Gasteiger partial charge in [0.25, 0.3) is 0 Å². The van der Waals surface area contributed by atoms with Gasteiger partial charge in [-0.2, -0.15) is 0 Å². The van der Waals surface area contributed by atoms with E-state index in [1.807, 2.05) is 78.5 Å². The molecule has 0 unspecified atom stereocenters. The summed E-state index contributed by atoms with van der Waals surface area (Å²) in [5.74, 6) is 0.777. The van der Waals surface area contributed by atoms with Gasteiger partial charge in [-0.25, -0.2) is 9.78 Å². The number of hydrogen-bond donors (Lipinski definition) is 2. The molecule has 5 nitrogen and oxygen atoms in total. The summed E-state index contributed by atoms with van der Waals surface area (Å²) < 4.78 is 1.90. The second-order valence-corrected chi connectivity index (χ2v) is 5.20. The zero-order chi connectivity index (χ0) is 16.1. The van der Waals surface area contributed by atoms with Crippen molar-refractivity contribution in [3.8, 4) is 0 Å². The van der Waals surface area contributed by atoms with Crippen LogP contribution >= 0.6 is 0 Å². The highest BCUT2D eigenvalue weighted by molar-refractivity contribution is 5.89. The number of aromatic nitrogens is 2. The van der Waals surface area contributed by atoms with Crippen LogP contribution in [0.25, 0.3) is 0 Å². The Morgan fingerprint density at radius 2 is 1.70 bits per heavy atom. The van der Waals surface area contributed by atoms with Gasteiger partial charge >= 0.3 is 6.03 Å². The van der Waals surface area contributed by atoms with Crippen molar-refractivity contribution < 1.29 is 4.79 Å². The van der Waals surface area contributed by atoms with Gasteiger partial charge in [-0.3, -0.25) is 0 Å². The molecule has 2 amide bonds. The third-order valence-corrected chi connectivity index (χ3v) is 3.56. The van der Waals surface area contributed by atoms with Crippen molar-refractivity contribution in [2.24, 2.45) is 7.05 Å². The fraction of sp³-hybridized carbons (Fsp3) is 0.111. The Hall–Kier alpha value is -3.08. The number of carbonyl (C=O) groups excluding carboxylic acids is 1. The number of rotatable bonds is 4. The van der Waals surface area contributed by atoms with E-state index in [2.05, 4.69) is 15.6 Å². The number of amides is 2. The molecule has 0 saturated heterocycles. The van der Waals surface area contributed by atoms with E-state index in [4.69, 9.17) is 0 Å². The molecule has 2 N–H and O–H groups in total. The van der Waals surface area contributed by atoms with E-state index in [1.54, 1.807) is 6.20 Å². The lowest BCUT2D eigenvalue weighted by molar-refractivity contribution is 0.249. The molecule has 0 aliphatic rings. The Morgan fingerprint density at radius 3 is 2.30 bits per heavy atom. The van der Waals surface area contributed by atoms with Crippen molar-refractivity contribution >= 4 is 11.7 Å². The Bertz CT molecular complexity index is 768. The van der Waals surface area contributed by atoms with Crippen LogP contribution in [0.3, 0.4) is 0 Å². The van der Waals surface area contributed by atoms with E-state index in [0.29, 0.717) is 0 Å². The number of imidazole rings is 1. The van der Waals surface area contributed by atoms with Crippen LogP contribution in [0.4, 0.5) is 10.5 Å². The van der Waals surface area contributed by atoms with Crippen LogP contribution < -0.4 is 10.6 Å². The van der Waals surface area contributed by atoms with Gasteiger partial charge in [-0.05, 0) is 17.7 Å². The second-order valence-electron chi connectivity index (χ2n) is 5.20. The first-order chi connectivity index (χ1) is 11.2. The van der Waals surface area contributed by atoms with Gasteiger partial charge in [0.15, 0.2) is 0 Å². The average molecular weight is 306 g/mol. The summed E-state index contributed by atoms with van der Waals surface area (Å²) in [6, 6.07) is 18.6. The van der Waals surface area contributed by atoms with Crippen LogP contribution in [0.15, 0.2) is 73.1 Å². The molecule has 0 spiro atoms. The first-order valence-corrected chi connectivity index (χ1v) is 7.39. The highest BCUT2D eigenvalue weighted by Gasteiger charge is 2.20. The van der Waals surface area contributed by atoms with Gasteiger partial charge < -0.3 is 15.2 Å². The number of aryl methyl sites for hydroxylation is 1. The Labute approximate surface area is 135 Å². The molecule has 0 saturated carbocycles. The molecule has 1 heterocycles. The molecule has 116 valence electrons. The molecule has 0 fully saturated rings. The number of nitrogens with zero attached hydrogens (tertiary/aromatic N) is 2. The summed E-state index contributed by atoms with van der Waals surface area (Å²) in [5, 5.41) is 5.83. The fourth-order valence-corrected chi connectivity index (χ4v) is 2.42. The highest BCUT2D eigenvalue weighted by atomic mass is 16.2. The van der Waals surface area contributed by atoms with Crippen LogP contribution in [0.1, 0.15) is 17.4 Å². The van der Waals surface area contributed by atoms with E-state index >= 15 is 0 Å². The summed E-state index contributed by atoms with van der Waals surface area (Å²) >= 11 is 0. The lowest BCUT2D eigenvalue weighted by Crippen LogP contribution is -2.34. The molecule has 1 atom stereocenters. The molecule has 3 aromatic rings. The maximum atomic E-state index is 12.3. The quantitative estimate of drug-likeness (QED) is 0.776. The van der Waals surface area contributed by atoms with Crippen LogP contribution in [0, 0.1) is 0 Å². The maximum Gasteiger partial charge on any atom is 0.320 e. The summed E-state index contributed by atoms with van der Waals surface area (Å²) in [5.41, 5.74) is 1.72. The number of urea groups is 1. The van der Waals surface area contributed by atoms with Crippen LogP contribution in [0.5, 0.6) is 0 Å². The zero-order valence-electron chi connectivity index (χ0n) is 12.8. The standard InChI is InChI=1S/C18H18N4O/c1-22-13-12-19-17(22)16(14-8-4-2-5-9-14)21-18(23)20-15-10-6-3-7-11-15/h2-13,16H,1H3,(H2,20,21,23)/t16-/m0/s1. The summed E-state index contributed by atoms with van der Waals surface area (Å²) in [6.07, 6.45) is 3.59. The highest BCUT2D eigenvalue weighted by Crippen LogP contribution is 2.20. The normalized spacial score (nSPS) is 11.7. The number of hydrogen-bond acceptors (Lipinski definition) is 2. The summed E-state index contributed by atoms with van der Waals surface area (Å²) in [6.45, 7) is 0. The molecule has 0 bridgehead atoms. The lowest BCUT2D eigenvalue weighted by atomic mass is 10.1. The van der Waals surface area contributed by atoms with Gasteiger partial charge in [-0.1, -0.05) is 48.5 Å². The number of carbonyl (C=O) groups is 1. The number of benzene rings is 2. The topological polar surface area (TPSA) is 59.0 Å². The fourth-order valence-electron chi connectivity index (χ4n) is 2.42. The van der Waals surface area contributed by atoms with Gasteiger partial charge in [0.05, 0.1) is 0 Å². The Kier molecular flexibility index (Phi) is 4.38. The number of nitrogens with one attached hydrogen (secondary N) is 2. The predicted octanol–water partition coefficient (Wildman–Crippen LogP) is 3.33. The maximum absolute atomic E-state index is 12.3. The molecule has 3 rings (SSSR count). The first kappa shape index (κ1) is 14.8. The first-order valence-electron chi connectivity index (χ1n) is 7.39. The predicted molar refractivity (Wildman–Crippen MR) is 90.1 cm³/mol. The van der Waals surface area contributed by atoms with Crippen molar-refractivity contribution in [3.63, 3.8) is 0 Å². The minimum absolute atomic E-state index is 0.270. The summed E-state index contributed by atoms with van der Waals surface area (Å²) in [4.78, 5) is 16.7. The summed E-state index contributed by atoms with van der Waals surface area (Å²) in [7, 11) is 1.91. The Balaban J connectivity index is 1.82. The Morgan fingerprint density at radius 1 is 1.04 bits per heavy atom. The van der Waals surface area contributed by atoms with Crippen molar-refractivity contribution in [1.29, 1.82) is 0 Å². The third kappa shape index (κ3) is 3.58. The molecule has 1 aromatic heterocycles. The monoisotopic (exact) mass is 306 g/mol. The van der Waals surface area contributed by atoms with Crippen molar-refractivity contribution in [3.05, 3.63) is 84.4 Å². The minimum Gasteiger partial charge on any atom is -0.336 e. The molecule has 5 heteroatoms. The van der Waals surface area contributed by atoms with E-state index in [-0.39, 0.29) is 12.1 Å². The van der Waals surface area contributed by atoms with Crippen molar-refractivity contribution in [2.75, 3.05) is 5.32 Å². The van der Waals surface area contributed by atoms with E-state index in [1.165, 1.54) is 0 Å². The third-order valence-electron chi connectivity index (χ3n) is 3.56. The minimum atomic E-state index is -0.320. The number of para-hydroxylation sites is 1. The van der Waals surface area contributed by atoms with Crippen LogP contribution in [0.2, 0.25) is 0 Å². The molecule has 0 aliphatic carbocycles. The lowest BCUT2D eigenvalue weighted by Gasteiger charge is -2.19. The van der Waals surface area contributed by atoms with Gasteiger partial charge in [0, 0.05) is 25.1 Å². The molecule has 2 aromatic carbocycles. The van der Waals surface area contributed by atoms with Gasteiger partial charge in [-0.15, -0.1) is 0 Å². The van der Waals surface area contributed by atoms with Crippen molar-refractivity contribution in [1.82, 2.24) is 14.9 Å². The van der Waals surface area contributed by atoms with Gasteiger partial charge in [0.1, 0.15) is 11.9 Å². The van der Waals surface area contributed by atoms with Crippen LogP contribution in [-0.2, 0) is 7.05 Å². The van der Waals surface area contributed by atoms with E-state index in [9.17, 15) is 4.79 Å². The average Bonchev–Trinajstić information content (AvgIpc) is 3.00. The van der Waals surface area contributed by atoms with E-state index < -0.39 is 0 Å². The second kappa shape index (κ2) is 6.79. The van der Waals surface area contributed by atoms with E-state index in [0.717, 1.165) is 17.1 Å². The zero-order valence-corrected chi connectivity index (χ0v) is 12.8. The van der Waals surface area contributed by atoms with Gasteiger partial charge in [0.2, 0.25) is 0 Å². The molecule has 0 aliphatic heterocycles. The largest absolute Gasteiger partial charge is 0.336 e. The SMILES string of the molecule is Cn1ccnc1[C@@H](NC(=O)Nc1ccccc1)c1ccccc1. The molecule has 0 radical (unpaired) electrons. The number of anilines is 1. The van der Waals surface area contributed by atoms with Crippen molar-refractivity contribution in [2.45, 2.75) is 6.04 Å². The molecular formula is C18H18N4O. The molecular weight excluding hydrogens is 288 g/mol. The van der Waals surface area contributed by atoms with Crippen LogP contribution in [-0.4, -0.2) is 15.6 Å². The smallest absolute Gasteiger partial charge is 0.320 e. The molecule has 23 heavy (non-hydrogen) atoms.